The van der Waals surface area contributed by atoms with Gasteiger partial charge in [0.1, 0.15) is 11.5 Å². The summed E-state index contributed by atoms with van der Waals surface area (Å²) in [7, 11) is 2.61. The molecular weight excluding hydrogens is 490 g/mol. The summed E-state index contributed by atoms with van der Waals surface area (Å²) in [5, 5.41) is 38.0. The van der Waals surface area contributed by atoms with Crippen LogP contribution in [0, 0.1) is 0 Å². The number of nitrogens with one attached hydrogen (secondary N) is 2. The van der Waals surface area contributed by atoms with Gasteiger partial charge in [0.05, 0.1) is 29.2 Å². The zero-order chi connectivity index (χ0) is 27.1. The summed E-state index contributed by atoms with van der Waals surface area (Å²) in [6.45, 7) is 3.51. The van der Waals surface area contributed by atoms with E-state index in [2.05, 4.69) is 10.3 Å². The molecule has 5 N–H and O–H groups in total. The number of aromatic nitrogens is 2. The van der Waals surface area contributed by atoms with Crippen molar-refractivity contribution in [3.63, 3.8) is 0 Å². The number of methoxy groups -OCH3 is 2. The minimum absolute atomic E-state index is 0.0158. The van der Waals surface area contributed by atoms with Gasteiger partial charge >= 0.3 is 5.97 Å². The van der Waals surface area contributed by atoms with Gasteiger partial charge in [-0.3, -0.25) is 4.79 Å². The number of esters is 1. The summed E-state index contributed by atoms with van der Waals surface area (Å²) in [6.07, 6.45) is -0.0298. The van der Waals surface area contributed by atoms with E-state index in [0.717, 1.165) is 0 Å². The first-order valence-corrected chi connectivity index (χ1v) is 12.2. The Morgan fingerprint density at radius 2 is 1.76 bits per heavy atom. The van der Waals surface area contributed by atoms with Crippen LogP contribution in [0.25, 0.3) is 43.6 Å². The van der Waals surface area contributed by atoms with E-state index in [4.69, 9.17) is 9.47 Å². The Hall–Kier alpha value is -4.28. The Bertz CT molecular complexity index is 1840. The van der Waals surface area contributed by atoms with Crippen LogP contribution in [0.3, 0.4) is 0 Å². The fourth-order valence-corrected chi connectivity index (χ4v) is 6.12. The van der Waals surface area contributed by atoms with Crippen LogP contribution in [-0.2, 0) is 26.5 Å². The van der Waals surface area contributed by atoms with Crippen LogP contribution in [0.15, 0.2) is 36.4 Å². The van der Waals surface area contributed by atoms with Crippen molar-refractivity contribution in [2.24, 2.45) is 0 Å². The molecule has 2 atom stereocenters. The van der Waals surface area contributed by atoms with Crippen LogP contribution in [0.5, 0.6) is 11.5 Å². The summed E-state index contributed by atoms with van der Waals surface area (Å²) in [6, 6.07) is 9.66. The number of carbonyl (C=O) groups is 2. The highest BCUT2D eigenvalue weighted by atomic mass is 16.6. The average Bonchev–Trinajstić information content (AvgIpc) is 3.58. The molecule has 0 saturated carbocycles. The second-order valence-electron chi connectivity index (χ2n) is 9.79. The van der Waals surface area contributed by atoms with Crippen molar-refractivity contribution >= 4 is 55.5 Å². The first-order chi connectivity index (χ1) is 18.1. The maximum atomic E-state index is 13.2. The maximum Gasteiger partial charge on any atom is 0.342 e. The molecule has 1 aliphatic heterocycles. The van der Waals surface area contributed by atoms with Crippen LogP contribution < -0.4 is 5.32 Å². The van der Waals surface area contributed by atoms with E-state index < -0.39 is 17.3 Å². The number of hydrogen-bond acceptors (Lipinski definition) is 7. The minimum atomic E-state index is -2.11. The van der Waals surface area contributed by atoms with Gasteiger partial charge in [0.2, 0.25) is 5.60 Å². The number of amides is 1. The second-order valence-corrected chi connectivity index (χ2v) is 9.79. The number of aliphatic hydroxyl groups is 1. The summed E-state index contributed by atoms with van der Waals surface area (Å²) in [5.41, 5.74) is -0.278. The van der Waals surface area contributed by atoms with Gasteiger partial charge in [-0.1, -0.05) is 6.92 Å². The fraction of sp³-hybridized carbons (Fsp3) is 0.286. The number of hydrogen-bond donors (Lipinski definition) is 5. The van der Waals surface area contributed by atoms with Gasteiger partial charge in [0.15, 0.2) is 5.72 Å². The number of phenolic OH excluding ortho intramolecular Hbond substituents is 2. The van der Waals surface area contributed by atoms with Crippen LogP contribution >= 0.6 is 0 Å². The standard InChI is InChI=1S/C28H27N3O7/c1-5-28(36,26(35)37-3)27(2,38-4)31-19-9-7-14(33)11-16(19)20-17-12-29-25(34)22(17)21-15-10-13(32)6-8-18(15)30-23(21)24(20)31/h6-11,30,32-33,36H,5,12H2,1-4H3,(H,29,34). The van der Waals surface area contributed by atoms with Gasteiger partial charge in [-0.25, -0.2) is 4.79 Å². The average molecular weight is 518 g/mol. The molecule has 6 rings (SSSR count). The van der Waals surface area contributed by atoms with Crippen molar-refractivity contribution in [1.82, 2.24) is 14.9 Å². The fourth-order valence-electron chi connectivity index (χ4n) is 6.12. The number of aromatic amines is 1. The number of benzene rings is 3. The number of carbonyl (C=O) groups excluding carboxylic acids is 2. The number of aromatic hydroxyl groups is 2. The van der Waals surface area contributed by atoms with E-state index in [1.807, 2.05) is 0 Å². The molecule has 3 aromatic carbocycles. The molecule has 10 heteroatoms. The van der Waals surface area contributed by atoms with Gasteiger partial charge in [-0.05, 0) is 55.3 Å². The van der Waals surface area contributed by atoms with E-state index in [0.29, 0.717) is 54.7 Å². The Balaban J connectivity index is 1.93. The molecule has 38 heavy (non-hydrogen) atoms. The molecule has 0 fully saturated rings. The number of nitrogens with zero attached hydrogens (tertiary/aromatic N) is 1. The Kier molecular flexibility index (Phi) is 4.98. The molecule has 0 spiro atoms. The van der Waals surface area contributed by atoms with E-state index in [9.17, 15) is 24.9 Å². The molecule has 1 amide bonds. The first-order valence-electron chi connectivity index (χ1n) is 12.2. The van der Waals surface area contributed by atoms with Crippen molar-refractivity contribution in [3.05, 3.63) is 47.5 Å². The molecule has 0 aliphatic carbocycles. The quantitative estimate of drug-likeness (QED) is 0.223. The Morgan fingerprint density at radius 1 is 1.08 bits per heavy atom. The van der Waals surface area contributed by atoms with Crippen LogP contribution in [0.4, 0.5) is 0 Å². The van der Waals surface area contributed by atoms with Crippen LogP contribution in [0.1, 0.15) is 36.2 Å². The van der Waals surface area contributed by atoms with Gasteiger partial charge in [0.25, 0.3) is 5.91 Å². The highest BCUT2D eigenvalue weighted by molar-refractivity contribution is 6.30. The molecule has 1 aliphatic rings. The summed E-state index contributed by atoms with van der Waals surface area (Å²) >= 11 is 0. The lowest BCUT2D eigenvalue weighted by molar-refractivity contribution is -0.223. The monoisotopic (exact) mass is 517 g/mol. The third kappa shape index (κ3) is 2.78. The van der Waals surface area contributed by atoms with Crippen molar-refractivity contribution in [2.45, 2.75) is 38.1 Å². The highest BCUT2D eigenvalue weighted by Gasteiger charge is 2.56. The summed E-state index contributed by atoms with van der Waals surface area (Å²) < 4.78 is 12.8. The smallest absolute Gasteiger partial charge is 0.342 e. The van der Waals surface area contributed by atoms with E-state index >= 15 is 0 Å². The number of phenols is 2. The normalized spacial score (nSPS) is 16.6. The van der Waals surface area contributed by atoms with Gasteiger partial charge in [-0.15, -0.1) is 0 Å². The molecule has 196 valence electrons. The predicted octanol–water partition coefficient (Wildman–Crippen LogP) is 3.72. The minimum Gasteiger partial charge on any atom is -0.508 e. The molecule has 0 bridgehead atoms. The van der Waals surface area contributed by atoms with Crippen molar-refractivity contribution in [2.75, 3.05) is 14.2 Å². The molecule has 2 aromatic heterocycles. The maximum absolute atomic E-state index is 13.2. The van der Waals surface area contributed by atoms with Crippen molar-refractivity contribution in [1.29, 1.82) is 0 Å². The number of H-pyrrole nitrogens is 1. The van der Waals surface area contributed by atoms with E-state index in [1.165, 1.54) is 20.3 Å². The van der Waals surface area contributed by atoms with Gasteiger partial charge in [0, 0.05) is 40.7 Å². The number of ether oxygens (including phenoxy) is 2. The second kappa shape index (κ2) is 7.86. The molecule has 2 unspecified atom stereocenters. The Labute approximate surface area is 216 Å². The topological polar surface area (TPSA) is 146 Å². The summed E-state index contributed by atoms with van der Waals surface area (Å²) in [5.74, 6) is -1.06. The molecule has 0 radical (unpaired) electrons. The predicted molar refractivity (Wildman–Crippen MR) is 141 cm³/mol. The van der Waals surface area contributed by atoms with Gasteiger partial charge in [-0.2, -0.15) is 0 Å². The number of fused-ring (bicyclic) bond motifs is 10. The summed E-state index contributed by atoms with van der Waals surface area (Å²) in [4.78, 5) is 29.6. The van der Waals surface area contributed by atoms with E-state index in [-0.39, 0.29) is 30.4 Å². The molecular formula is C28H27N3O7. The zero-order valence-corrected chi connectivity index (χ0v) is 21.3. The van der Waals surface area contributed by atoms with Gasteiger partial charge < -0.3 is 39.7 Å². The lowest BCUT2D eigenvalue weighted by Crippen LogP contribution is -2.59. The molecule has 3 heterocycles. The van der Waals surface area contributed by atoms with Crippen molar-refractivity contribution in [3.8, 4) is 11.5 Å². The van der Waals surface area contributed by atoms with E-state index in [1.54, 1.807) is 48.7 Å². The number of rotatable bonds is 5. The first kappa shape index (κ1) is 24.1. The van der Waals surface area contributed by atoms with Crippen molar-refractivity contribution < 1.29 is 34.4 Å². The highest BCUT2D eigenvalue weighted by Crippen LogP contribution is 2.48. The Morgan fingerprint density at radius 3 is 2.42 bits per heavy atom. The largest absolute Gasteiger partial charge is 0.508 e. The lowest BCUT2D eigenvalue weighted by atomic mass is 9.87. The van der Waals surface area contributed by atoms with Crippen LogP contribution in [0.2, 0.25) is 0 Å². The third-order valence-corrected chi connectivity index (χ3v) is 8.10. The SMILES string of the molecule is CCC(O)(C(=O)OC)C(C)(OC)n1c2ccc(O)cc2c2c3c(c4c5cc(O)ccc5[nH]c4c21)C(=O)NC3. The molecule has 0 saturated heterocycles. The van der Waals surface area contributed by atoms with Crippen LogP contribution in [-0.4, -0.2) is 56.6 Å². The molecule has 10 nitrogen and oxygen atoms in total. The third-order valence-electron chi connectivity index (χ3n) is 8.10. The molecule has 5 aromatic rings. The lowest BCUT2D eigenvalue weighted by Gasteiger charge is -2.43. The zero-order valence-electron chi connectivity index (χ0n) is 21.3.